The fraction of sp³-hybridized carbons (Fsp3) is 0. The molecule has 0 heterocycles. The molecule has 0 saturated carbocycles. The first-order valence-corrected chi connectivity index (χ1v) is 10.5. The van der Waals surface area contributed by atoms with Gasteiger partial charge in [0.1, 0.15) is 0 Å². The average Bonchev–Trinajstić information content (AvgIpc) is 2.61. The van der Waals surface area contributed by atoms with Crippen molar-refractivity contribution < 1.29 is 4.92 Å². The summed E-state index contributed by atoms with van der Waals surface area (Å²) in [5.74, 6) is 0. The molecule has 0 radical (unpaired) electrons. The number of non-ortho nitro benzene ring substituents is 1. The molecular weight excluding hydrogens is 435 g/mol. The molecule has 3 rings (SSSR count). The maximum Gasteiger partial charge on any atom is 0.270 e. The van der Waals surface area contributed by atoms with Crippen LogP contribution < -0.4 is 4.72 Å². The zero-order valence-corrected chi connectivity index (χ0v) is 15.5. The van der Waals surface area contributed by atoms with Gasteiger partial charge in [-0.3, -0.25) is 10.1 Å². The number of halogens is 1. The van der Waals surface area contributed by atoms with Crippen LogP contribution in [0.25, 0.3) is 16.3 Å². The van der Waals surface area contributed by atoms with Gasteiger partial charge in [0.2, 0.25) is 0 Å². The van der Waals surface area contributed by atoms with Gasteiger partial charge in [-0.25, -0.2) is 0 Å². The Balaban J connectivity index is 2.17. The monoisotopic (exact) mass is 448 g/mol. The third-order valence-electron chi connectivity index (χ3n) is 3.80. The molecule has 0 unspecified atom stereocenters. The Morgan fingerprint density at radius 2 is 1.83 bits per heavy atom. The van der Waals surface area contributed by atoms with Crippen LogP contribution in [0.5, 0.6) is 0 Å². The van der Waals surface area contributed by atoms with Gasteiger partial charge in [0.15, 0.2) is 0 Å². The maximum absolute atomic E-state index is 11.1. The van der Waals surface area contributed by atoms with E-state index in [-0.39, 0.29) is 10.6 Å². The summed E-state index contributed by atoms with van der Waals surface area (Å²) in [6.45, 7) is 4.21. The molecule has 0 fully saturated rings. The number of anilines is 1. The Kier molecular flexibility index (Phi) is 5.06. The summed E-state index contributed by atoms with van der Waals surface area (Å²) in [5.41, 5.74) is 3.30. The number of hydrogen-bond acceptors (Lipinski definition) is 4. The van der Waals surface area contributed by atoms with Crippen LogP contribution in [-0.4, -0.2) is 4.92 Å². The van der Waals surface area contributed by atoms with E-state index in [2.05, 4.69) is 32.5 Å². The van der Waals surface area contributed by atoms with Crippen LogP contribution in [-0.2, 0) is 0 Å². The Morgan fingerprint density at radius 3 is 2.58 bits per heavy atom. The van der Waals surface area contributed by atoms with Gasteiger partial charge in [0, 0.05) is 48.0 Å². The van der Waals surface area contributed by atoms with Crippen molar-refractivity contribution in [3.05, 3.63) is 88.5 Å². The molecule has 3 aromatic carbocycles. The highest BCUT2D eigenvalue weighted by Gasteiger charge is 2.15. The van der Waals surface area contributed by atoms with Crippen LogP contribution in [0.2, 0.25) is 0 Å². The number of benzene rings is 3. The van der Waals surface area contributed by atoms with Gasteiger partial charge < -0.3 is 4.72 Å². The Morgan fingerprint density at radius 1 is 1.08 bits per heavy atom. The van der Waals surface area contributed by atoms with Gasteiger partial charge in [0.05, 0.1) is 10.6 Å². The number of nitro groups is 1. The number of fused-ring (bicyclic) bond motifs is 1. The van der Waals surface area contributed by atoms with Gasteiger partial charge in [-0.05, 0) is 28.0 Å². The minimum Gasteiger partial charge on any atom is -0.320 e. The highest BCUT2D eigenvalue weighted by atomic mass is 127. The topological polar surface area (TPSA) is 55.2 Å². The van der Waals surface area contributed by atoms with E-state index in [1.807, 2.05) is 42.5 Å². The smallest absolute Gasteiger partial charge is 0.270 e. The van der Waals surface area contributed by atoms with Gasteiger partial charge in [-0.1, -0.05) is 49.0 Å². The van der Waals surface area contributed by atoms with Crippen LogP contribution in [0, 0.1) is 10.1 Å². The van der Waals surface area contributed by atoms with E-state index in [9.17, 15) is 10.1 Å². The third-order valence-corrected chi connectivity index (χ3v) is 4.76. The first-order valence-electron chi connectivity index (χ1n) is 7.11. The summed E-state index contributed by atoms with van der Waals surface area (Å²) in [6.07, 6.45) is 0. The molecule has 0 spiro atoms. The number of hydrogen-bond donors (Lipinski definition) is 1. The second kappa shape index (κ2) is 7.23. The molecule has 0 bridgehead atoms. The van der Waals surface area contributed by atoms with Crippen LogP contribution in [0.15, 0.2) is 67.2 Å². The van der Waals surface area contributed by atoms with E-state index in [1.54, 1.807) is 12.1 Å². The lowest BCUT2D eigenvalue weighted by atomic mass is 9.93. The number of nitrogens with one attached hydrogen (secondary N) is 1. The van der Waals surface area contributed by atoms with Crippen molar-refractivity contribution >= 4 is 58.0 Å². The van der Waals surface area contributed by atoms with E-state index in [4.69, 9.17) is 0 Å². The Labute approximate surface area is 155 Å². The van der Waals surface area contributed by atoms with Crippen molar-refractivity contribution in [3.8, 4) is 0 Å². The molecule has 0 atom stereocenters. The zero-order valence-electron chi connectivity index (χ0n) is 12.5. The Bertz CT molecular complexity index is 938. The molecule has 0 aliphatic rings. The summed E-state index contributed by atoms with van der Waals surface area (Å²) >= 11 is 2.12. The first kappa shape index (κ1) is 16.8. The predicted octanol–water partition coefficient (Wildman–Crippen LogP) is 6.22. The molecule has 120 valence electrons. The van der Waals surface area contributed by atoms with Crippen LogP contribution in [0.3, 0.4) is 0 Å². The lowest BCUT2D eigenvalue weighted by Crippen LogP contribution is -1.97. The third kappa shape index (κ3) is 3.25. The second-order valence-electron chi connectivity index (χ2n) is 5.17. The van der Waals surface area contributed by atoms with Crippen molar-refractivity contribution in [2.75, 3.05) is 4.72 Å². The van der Waals surface area contributed by atoms with Crippen molar-refractivity contribution in [2.45, 2.75) is 0 Å². The average molecular weight is 448 g/mol. The Hall–Kier alpha value is -2.06. The summed E-state index contributed by atoms with van der Waals surface area (Å²) in [4.78, 5) is 10.8. The molecule has 1 N–H and O–H groups in total. The molecule has 0 aliphatic carbocycles. The van der Waals surface area contributed by atoms with Crippen molar-refractivity contribution in [2.24, 2.45) is 0 Å². The van der Waals surface area contributed by atoms with Crippen molar-refractivity contribution in [3.63, 3.8) is 0 Å². The number of rotatable bonds is 5. The maximum atomic E-state index is 11.1. The van der Waals surface area contributed by atoms with Crippen molar-refractivity contribution in [1.82, 2.24) is 0 Å². The minimum absolute atomic E-state index is 0.0513. The second-order valence-corrected chi connectivity index (χ2v) is 6.85. The van der Waals surface area contributed by atoms with E-state index < -0.39 is 0 Å². The summed E-state index contributed by atoms with van der Waals surface area (Å²) in [7, 11) is 1.41. The molecule has 24 heavy (non-hydrogen) atoms. The van der Waals surface area contributed by atoms with Crippen LogP contribution in [0.4, 0.5) is 11.4 Å². The summed E-state index contributed by atoms with van der Waals surface area (Å²) < 4.78 is 3.16. The normalized spacial score (nSPS) is 10.5. The zero-order chi connectivity index (χ0) is 17.1. The summed E-state index contributed by atoms with van der Waals surface area (Å²) in [6, 6.07) is 18.8. The molecule has 3 aromatic rings. The van der Waals surface area contributed by atoms with Gasteiger partial charge >= 0.3 is 0 Å². The van der Waals surface area contributed by atoms with Crippen LogP contribution >= 0.6 is 30.3 Å². The standard InChI is InChI=1S/C18H13IN2O2S/c1-12(15-8-4-6-13-5-2-3-7-16(13)15)17-11-14(21(22)23)9-10-18(17)20-24-19/h2-11,20H,1H2. The SMILES string of the molecule is C=C(c1cc([N+](=O)[O-])ccc1NSI)c1cccc2ccccc12. The van der Waals surface area contributed by atoms with Crippen LogP contribution in [0.1, 0.15) is 11.1 Å². The fourth-order valence-electron chi connectivity index (χ4n) is 2.66. The molecule has 0 amide bonds. The lowest BCUT2D eigenvalue weighted by Gasteiger charge is -2.14. The highest BCUT2D eigenvalue weighted by Crippen LogP contribution is 2.36. The molecule has 6 heteroatoms. The molecule has 0 saturated heterocycles. The molecule has 0 aromatic heterocycles. The quantitative estimate of drug-likeness (QED) is 0.218. The number of nitro benzene ring substituents is 1. The number of nitrogens with zero attached hydrogens (tertiary/aromatic N) is 1. The van der Waals surface area contributed by atoms with Gasteiger partial charge in [-0.2, -0.15) is 0 Å². The van der Waals surface area contributed by atoms with Gasteiger partial charge in [-0.15, -0.1) is 0 Å². The molecular formula is C18H13IN2O2S. The van der Waals surface area contributed by atoms with Crippen molar-refractivity contribution in [1.29, 1.82) is 0 Å². The first-order chi connectivity index (χ1) is 11.6. The largest absolute Gasteiger partial charge is 0.320 e. The van der Waals surface area contributed by atoms with E-state index in [1.165, 1.54) is 15.2 Å². The highest BCUT2D eigenvalue weighted by molar-refractivity contribution is 14.2. The van der Waals surface area contributed by atoms with E-state index in [0.717, 1.165) is 33.2 Å². The van der Waals surface area contributed by atoms with E-state index >= 15 is 0 Å². The predicted molar refractivity (Wildman–Crippen MR) is 110 cm³/mol. The van der Waals surface area contributed by atoms with Gasteiger partial charge in [0.25, 0.3) is 5.69 Å². The minimum atomic E-state index is -0.388. The molecule has 4 nitrogen and oxygen atoms in total. The fourth-order valence-corrected chi connectivity index (χ4v) is 3.63. The summed E-state index contributed by atoms with van der Waals surface area (Å²) in [5, 5.41) is 13.3. The molecule has 0 aliphatic heterocycles. The van der Waals surface area contributed by atoms with E-state index in [0.29, 0.717) is 0 Å². The lowest BCUT2D eigenvalue weighted by molar-refractivity contribution is -0.384.